The topological polar surface area (TPSA) is 24.9 Å². The van der Waals surface area contributed by atoms with Crippen molar-refractivity contribution in [1.29, 1.82) is 0 Å². The maximum Gasteiger partial charge on any atom is 0.0417 e. The zero-order valence-corrected chi connectivity index (χ0v) is 9.71. The van der Waals surface area contributed by atoms with E-state index < -0.39 is 0 Å². The normalized spacial score (nSPS) is 18.5. The third kappa shape index (κ3) is 2.57. The van der Waals surface area contributed by atoms with Crippen molar-refractivity contribution in [2.75, 3.05) is 6.54 Å². The standard InChI is InChI=1S/C13H20N2/c1-11-12(5-3-8-15-11)9-14-10-13(2)6-4-7-13/h3,5,8,14H,4,6-7,9-10H2,1-2H3. The van der Waals surface area contributed by atoms with Crippen LogP contribution in [0.2, 0.25) is 0 Å². The van der Waals surface area contributed by atoms with Gasteiger partial charge >= 0.3 is 0 Å². The highest BCUT2D eigenvalue weighted by molar-refractivity contribution is 5.17. The van der Waals surface area contributed by atoms with Crippen molar-refractivity contribution in [3.05, 3.63) is 29.6 Å². The van der Waals surface area contributed by atoms with Crippen molar-refractivity contribution in [3.63, 3.8) is 0 Å². The molecule has 0 atom stereocenters. The molecule has 1 aliphatic rings. The number of rotatable bonds is 4. The maximum atomic E-state index is 4.29. The SMILES string of the molecule is Cc1ncccc1CNCC1(C)CCC1. The predicted molar refractivity (Wildman–Crippen MR) is 62.6 cm³/mol. The minimum Gasteiger partial charge on any atom is -0.312 e. The second-order valence-corrected chi connectivity index (χ2v) is 5.02. The molecule has 1 aromatic heterocycles. The van der Waals surface area contributed by atoms with Gasteiger partial charge < -0.3 is 5.32 Å². The minimum absolute atomic E-state index is 0.566. The van der Waals surface area contributed by atoms with Crippen LogP contribution in [0.1, 0.15) is 37.4 Å². The van der Waals surface area contributed by atoms with E-state index in [4.69, 9.17) is 0 Å². The molecule has 0 aliphatic heterocycles. The summed E-state index contributed by atoms with van der Waals surface area (Å²) in [5, 5.41) is 3.54. The Kier molecular flexibility index (Phi) is 3.06. The first-order valence-corrected chi connectivity index (χ1v) is 5.81. The average molecular weight is 204 g/mol. The number of hydrogen-bond acceptors (Lipinski definition) is 2. The van der Waals surface area contributed by atoms with E-state index in [1.807, 2.05) is 12.3 Å². The fraction of sp³-hybridized carbons (Fsp3) is 0.615. The molecule has 0 bridgehead atoms. The molecule has 2 rings (SSSR count). The summed E-state index contributed by atoms with van der Waals surface area (Å²) in [6, 6.07) is 4.16. The molecule has 15 heavy (non-hydrogen) atoms. The summed E-state index contributed by atoms with van der Waals surface area (Å²) in [4.78, 5) is 4.29. The van der Waals surface area contributed by atoms with Crippen molar-refractivity contribution in [2.45, 2.75) is 39.7 Å². The summed E-state index contributed by atoms with van der Waals surface area (Å²) in [6.45, 7) is 6.54. The summed E-state index contributed by atoms with van der Waals surface area (Å²) < 4.78 is 0. The number of aromatic nitrogens is 1. The van der Waals surface area contributed by atoms with Gasteiger partial charge in [-0.1, -0.05) is 19.4 Å². The van der Waals surface area contributed by atoms with Gasteiger partial charge in [0.1, 0.15) is 0 Å². The Bertz CT molecular complexity index is 329. The zero-order chi connectivity index (χ0) is 10.7. The molecule has 0 amide bonds. The van der Waals surface area contributed by atoms with Crippen molar-refractivity contribution in [2.24, 2.45) is 5.41 Å². The van der Waals surface area contributed by atoms with Crippen LogP contribution in [0.25, 0.3) is 0 Å². The maximum absolute atomic E-state index is 4.29. The van der Waals surface area contributed by atoms with E-state index in [2.05, 4.69) is 30.2 Å². The smallest absolute Gasteiger partial charge is 0.0417 e. The highest BCUT2D eigenvalue weighted by atomic mass is 14.9. The summed E-state index contributed by atoms with van der Waals surface area (Å²) in [5.41, 5.74) is 3.03. The number of pyridine rings is 1. The summed E-state index contributed by atoms with van der Waals surface area (Å²) in [5.74, 6) is 0. The third-order valence-electron chi connectivity index (χ3n) is 3.54. The molecular formula is C13H20N2. The molecule has 1 fully saturated rings. The van der Waals surface area contributed by atoms with E-state index in [9.17, 15) is 0 Å². The summed E-state index contributed by atoms with van der Waals surface area (Å²) in [6.07, 6.45) is 6.02. The van der Waals surface area contributed by atoms with Crippen LogP contribution in [0.4, 0.5) is 0 Å². The van der Waals surface area contributed by atoms with Crippen LogP contribution in [0, 0.1) is 12.3 Å². The Labute approximate surface area is 92.1 Å². The van der Waals surface area contributed by atoms with Crippen molar-refractivity contribution in [3.8, 4) is 0 Å². The van der Waals surface area contributed by atoms with E-state index in [-0.39, 0.29) is 0 Å². The van der Waals surface area contributed by atoms with Crippen molar-refractivity contribution < 1.29 is 0 Å². The molecule has 1 N–H and O–H groups in total. The van der Waals surface area contributed by atoms with Crippen LogP contribution in [-0.2, 0) is 6.54 Å². The van der Waals surface area contributed by atoms with Gasteiger partial charge in [-0.15, -0.1) is 0 Å². The molecule has 2 nitrogen and oxygen atoms in total. The number of nitrogens with zero attached hydrogens (tertiary/aromatic N) is 1. The lowest BCUT2D eigenvalue weighted by Gasteiger charge is -2.38. The fourth-order valence-corrected chi connectivity index (χ4v) is 2.16. The van der Waals surface area contributed by atoms with Crippen LogP contribution in [0.15, 0.2) is 18.3 Å². The van der Waals surface area contributed by atoms with Crippen molar-refractivity contribution in [1.82, 2.24) is 10.3 Å². The molecule has 1 saturated carbocycles. The average Bonchev–Trinajstić information content (AvgIpc) is 2.18. The van der Waals surface area contributed by atoms with Crippen LogP contribution < -0.4 is 5.32 Å². The molecule has 0 aromatic carbocycles. The lowest BCUT2D eigenvalue weighted by molar-refractivity contribution is 0.156. The Morgan fingerprint density at radius 2 is 2.27 bits per heavy atom. The Morgan fingerprint density at radius 1 is 1.47 bits per heavy atom. The van der Waals surface area contributed by atoms with Gasteiger partial charge in [-0.3, -0.25) is 4.98 Å². The van der Waals surface area contributed by atoms with Crippen LogP contribution in [0.5, 0.6) is 0 Å². The molecule has 2 heteroatoms. The molecule has 1 aromatic rings. The fourth-order valence-electron chi connectivity index (χ4n) is 2.16. The molecule has 0 radical (unpaired) electrons. The van der Waals surface area contributed by atoms with Crippen LogP contribution in [-0.4, -0.2) is 11.5 Å². The van der Waals surface area contributed by atoms with E-state index >= 15 is 0 Å². The lowest BCUT2D eigenvalue weighted by atomic mass is 9.70. The van der Waals surface area contributed by atoms with Gasteiger partial charge in [-0.25, -0.2) is 0 Å². The first kappa shape index (κ1) is 10.6. The number of aryl methyl sites for hydroxylation is 1. The van der Waals surface area contributed by atoms with Gasteiger partial charge in [-0.05, 0) is 36.8 Å². The Morgan fingerprint density at radius 3 is 2.87 bits per heavy atom. The zero-order valence-electron chi connectivity index (χ0n) is 9.71. The second kappa shape index (κ2) is 4.31. The molecule has 0 unspecified atom stereocenters. The molecule has 82 valence electrons. The quantitative estimate of drug-likeness (QED) is 0.815. The van der Waals surface area contributed by atoms with Gasteiger partial charge in [0.2, 0.25) is 0 Å². The number of nitrogens with one attached hydrogen (secondary N) is 1. The van der Waals surface area contributed by atoms with Gasteiger partial charge in [-0.2, -0.15) is 0 Å². The van der Waals surface area contributed by atoms with Crippen molar-refractivity contribution >= 4 is 0 Å². The monoisotopic (exact) mass is 204 g/mol. The second-order valence-electron chi connectivity index (χ2n) is 5.02. The molecule has 1 heterocycles. The van der Waals surface area contributed by atoms with E-state index in [0.717, 1.165) is 18.8 Å². The van der Waals surface area contributed by atoms with Gasteiger partial charge in [0.15, 0.2) is 0 Å². The predicted octanol–water partition coefficient (Wildman–Crippen LogP) is 2.67. The van der Waals surface area contributed by atoms with E-state index in [1.54, 1.807) is 0 Å². The molecular weight excluding hydrogens is 184 g/mol. The lowest BCUT2D eigenvalue weighted by Crippen LogP contribution is -2.37. The first-order chi connectivity index (χ1) is 7.20. The minimum atomic E-state index is 0.566. The largest absolute Gasteiger partial charge is 0.312 e. The third-order valence-corrected chi connectivity index (χ3v) is 3.54. The highest BCUT2D eigenvalue weighted by Gasteiger charge is 2.30. The Hall–Kier alpha value is -0.890. The van der Waals surface area contributed by atoms with Crippen LogP contribution in [0.3, 0.4) is 0 Å². The Balaban J connectivity index is 1.81. The molecule has 0 saturated heterocycles. The van der Waals surface area contributed by atoms with Crippen LogP contribution >= 0.6 is 0 Å². The van der Waals surface area contributed by atoms with E-state index in [0.29, 0.717) is 5.41 Å². The summed E-state index contributed by atoms with van der Waals surface area (Å²) >= 11 is 0. The number of hydrogen-bond donors (Lipinski definition) is 1. The van der Waals surface area contributed by atoms with Gasteiger partial charge in [0, 0.05) is 25.0 Å². The molecule has 1 aliphatic carbocycles. The first-order valence-electron chi connectivity index (χ1n) is 5.81. The molecule has 0 spiro atoms. The summed E-state index contributed by atoms with van der Waals surface area (Å²) in [7, 11) is 0. The van der Waals surface area contributed by atoms with E-state index in [1.165, 1.54) is 24.8 Å². The van der Waals surface area contributed by atoms with Gasteiger partial charge in [0.25, 0.3) is 0 Å². The highest BCUT2D eigenvalue weighted by Crippen LogP contribution is 2.39. The van der Waals surface area contributed by atoms with Gasteiger partial charge in [0.05, 0.1) is 0 Å².